The Bertz CT molecular complexity index is 154. The average Bonchev–Trinajstić information content (AvgIpc) is 2.25. The molecule has 0 heterocycles. The van der Waals surface area contributed by atoms with Gasteiger partial charge in [-0.15, -0.1) is 0 Å². The van der Waals surface area contributed by atoms with Gasteiger partial charge in [0.25, 0.3) is 0 Å². The van der Waals surface area contributed by atoms with Crippen molar-refractivity contribution in [3.63, 3.8) is 0 Å². The highest BCUT2D eigenvalue weighted by atomic mass is 79.9. The van der Waals surface area contributed by atoms with Crippen molar-refractivity contribution in [1.82, 2.24) is 0 Å². The monoisotopic (exact) mass is 277 g/mol. The largest absolute Gasteiger partial charge is 1.00 e. The number of hydrogen-bond donors (Lipinski definition) is 0. The molecule has 0 rings (SSSR count). The fraction of sp³-hybridized carbons (Fsp3) is 0.846. The first-order chi connectivity index (χ1) is 6.64. The van der Waals surface area contributed by atoms with E-state index in [0.29, 0.717) is 0 Å². The van der Waals surface area contributed by atoms with Gasteiger partial charge in [-0.2, -0.15) is 0 Å². The third-order valence-corrected chi connectivity index (χ3v) is 3.61. The lowest BCUT2D eigenvalue weighted by molar-refractivity contribution is -0.917. The number of allylic oxidation sites excluding steroid dienone is 1. The first-order valence-electron chi connectivity index (χ1n) is 6.15. The minimum absolute atomic E-state index is 0. The van der Waals surface area contributed by atoms with Crippen LogP contribution in [0.1, 0.15) is 41.0 Å². The van der Waals surface area contributed by atoms with Crippen molar-refractivity contribution >= 4 is 0 Å². The molecule has 0 saturated heterocycles. The molecule has 0 aliphatic rings. The molecule has 0 aromatic heterocycles. The van der Waals surface area contributed by atoms with Crippen LogP contribution < -0.4 is 17.0 Å². The summed E-state index contributed by atoms with van der Waals surface area (Å²) in [7, 11) is 0. The quantitative estimate of drug-likeness (QED) is 0.469. The molecule has 1 nitrogen and oxygen atoms in total. The van der Waals surface area contributed by atoms with Crippen LogP contribution in [-0.2, 0) is 0 Å². The van der Waals surface area contributed by atoms with Gasteiger partial charge in [-0.1, -0.05) is 26.3 Å². The molecule has 1 unspecified atom stereocenters. The van der Waals surface area contributed by atoms with E-state index >= 15 is 0 Å². The summed E-state index contributed by atoms with van der Waals surface area (Å²) < 4.78 is 1.23. The molecule has 0 fully saturated rings. The van der Waals surface area contributed by atoms with Gasteiger partial charge in [-0.3, -0.25) is 0 Å². The molecule has 0 spiro atoms. The van der Waals surface area contributed by atoms with Gasteiger partial charge >= 0.3 is 0 Å². The van der Waals surface area contributed by atoms with Crippen LogP contribution in [0.4, 0.5) is 0 Å². The maximum absolute atomic E-state index is 2.38. The molecular formula is C13H28BrN. The first kappa shape index (κ1) is 17.6. The van der Waals surface area contributed by atoms with Crippen molar-refractivity contribution in [2.45, 2.75) is 41.0 Å². The van der Waals surface area contributed by atoms with E-state index < -0.39 is 0 Å². The molecule has 0 radical (unpaired) electrons. The predicted molar refractivity (Wildman–Crippen MR) is 65.3 cm³/mol. The second-order valence-electron chi connectivity index (χ2n) is 4.29. The second-order valence-corrected chi connectivity index (χ2v) is 4.29. The third kappa shape index (κ3) is 6.36. The van der Waals surface area contributed by atoms with Crippen molar-refractivity contribution in [2.75, 3.05) is 26.2 Å². The van der Waals surface area contributed by atoms with Gasteiger partial charge in [0, 0.05) is 0 Å². The van der Waals surface area contributed by atoms with Crippen molar-refractivity contribution < 1.29 is 21.5 Å². The van der Waals surface area contributed by atoms with E-state index in [1.807, 2.05) is 0 Å². The zero-order valence-corrected chi connectivity index (χ0v) is 12.7. The van der Waals surface area contributed by atoms with Crippen LogP contribution in [0.2, 0.25) is 0 Å². The van der Waals surface area contributed by atoms with Crippen LogP contribution in [0.5, 0.6) is 0 Å². The molecular weight excluding hydrogens is 250 g/mol. The number of rotatable bonds is 7. The Labute approximate surface area is 107 Å². The fourth-order valence-electron chi connectivity index (χ4n) is 1.71. The van der Waals surface area contributed by atoms with Crippen LogP contribution in [0, 0.1) is 5.92 Å². The molecule has 15 heavy (non-hydrogen) atoms. The molecule has 0 amide bonds. The van der Waals surface area contributed by atoms with Crippen molar-refractivity contribution in [1.29, 1.82) is 0 Å². The van der Waals surface area contributed by atoms with Crippen molar-refractivity contribution in [3.8, 4) is 0 Å². The summed E-state index contributed by atoms with van der Waals surface area (Å²) in [4.78, 5) is 0. The molecule has 2 heteroatoms. The van der Waals surface area contributed by atoms with E-state index in [9.17, 15) is 0 Å². The smallest absolute Gasteiger partial charge is 0.0973 e. The Balaban J connectivity index is 0. The molecule has 0 aromatic rings. The Morgan fingerprint density at radius 3 is 1.80 bits per heavy atom. The molecule has 0 aliphatic heterocycles. The lowest BCUT2D eigenvalue weighted by atomic mass is 10.1. The highest BCUT2D eigenvalue weighted by molar-refractivity contribution is 4.85. The molecule has 0 bridgehead atoms. The van der Waals surface area contributed by atoms with Gasteiger partial charge in [0.05, 0.1) is 26.2 Å². The summed E-state index contributed by atoms with van der Waals surface area (Å²) in [6, 6.07) is 0. The number of halogens is 1. The van der Waals surface area contributed by atoms with Crippen LogP contribution in [0.3, 0.4) is 0 Å². The number of quaternary nitrogens is 1. The Morgan fingerprint density at radius 1 is 1.00 bits per heavy atom. The average molecular weight is 278 g/mol. The zero-order chi connectivity index (χ0) is 11.0. The summed E-state index contributed by atoms with van der Waals surface area (Å²) in [5, 5.41) is 0. The highest BCUT2D eigenvalue weighted by Gasteiger charge is 2.17. The SMILES string of the molecule is CCC(C)/C=C/C[N+](CC)(CC)CC.[Br-]. The summed E-state index contributed by atoms with van der Waals surface area (Å²) in [5.41, 5.74) is 0. The minimum Gasteiger partial charge on any atom is -1.00 e. The minimum atomic E-state index is 0. The van der Waals surface area contributed by atoms with Gasteiger partial charge < -0.3 is 21.5 Å². The normalized spacial score (nSPS) is 13.9. The van der Waals surface area contributed by atoms with E-state index in [0.717, 1.165) is 5.92 Å². The van der Waals surface area contributed by atoms with Crippen molar-refractivity contribution in [3.05, 3.63) is 12.2 Å². The van der Waals surface area contributed by atoms with Crippen LogP contribution in [0.25, 0.3) is 0 Å². The molecule has 0 aliphatic carbocycles. The Morgan fingerprint density at radius 2 is 1.47 bits per heavy atom. The first-order valence-corrected chi connectivity index (χ1v) is 6.15. The van der Waals surface area contributed by atoms with Crippen LogP contribution >= 0.6 is 0 Å². The maximum Gasteiger partial charge on any atom is 0.0973 e. The lowest BCUT2D eigenvalue weighted by Crippen LogP contribution is -3.00. The van der Waals surface area contributed by atoms with Gasteiger partial charge in [0.1, 0.15) is 0 Å². The van der Waals surface area contributed by atoms with Crippen LogP contribution in [0.15, 0.2) is 12.2 Å². The Hall–Kier alpha value is 0.180. The van der Waals surface area contributed by atoms with E-state index in [2.05, 4.69) is 46.8 Å². The van der Waals surface area contributed by atoms with Gasteiger partial charge in [-0.25, -0.2) is 0 Å². The maximum atomic E-state index is 2.38. The molecule has 1 atom stereocenters. The van der Waals surface area contributed by atoms with E-state index in [4.69, 9.17) is 0 Å². The molecule has 92 valence electrons. The molecule has 0 saturated carbocycles. The zero-order valence-electron chi connectivity index (χ0n) is 11.1. The summed E-state index contributed by atoms with van der Waals surface area (Å²) in [6.07, 6.45) is 6.00. The van der Waals surface area contributed by atoms with Gasteiger partial charge in [0.2, 0.25) is 0 Å². The summed E-state index contributed by atoms with van der Waals surface area (Å²) in [6.45, 7) is 16.4. The number of likely N-dealkylation sites (N-methyl/N-ethyl adjacent to an activating group) is 1. The topological polar surface area (TPSA) is 0 Å². The third-order valence-electron chi connectivity index (χ3n) is 3.61. The van der Waals surface area contributed by atoms with E-state index in [1.165, 1.54) is 37.1 Å². The second kappa shape index (κ2) is 9.41. The van der Waals surface area contributed by atoms with E-state index in [-0.39, 0.29) is 17.0 Å². The lowest BCUT2D eigenvalue weighted by Gasteiger charge is -2.34. The Kier molecular flexibility index (Phi) is 11.0. The fourth-order valence-corrected chi connectivity index (χ4v) is 1.71. The van der Waals surface area contributed by atoms with Crippen molar-refractivity contribution in [2.24, 2.45) is 5.92 Å². The highest BCUT2D eigenvalue weighted by Crippen LogP contribution is 2.08. The van der Waals surface area contributed by atoms with E-state index in [1.54, 1.807) is 0 Å². The number of nitrogens with zero attached hydrogens (tertiary/aromatic N) is 1. The summed E-state index contributed by atoms with van der Waals surface area (Å²) in [5.74, 6) is 0.738. The molecule has 0 N–H and O–H groups in total. The molecule has 0 aromatic carbocycles. The van der Waals surface area contributed by atoms with Crippen LogP contribution in [-0.4, -0.2) is 30.7 Å². The van der Waals surface area contributed by atoms with Gasteiger partial charge in [-0.05, 0) is 32.8 Å². The van der Waals surface area contributed by atoms with Gasteiger partial charge in [0.15, 0.2) is 0 Å². The predicted octanol–water partition coefficient (Wildman–Crippen LogP) is 0.469. The summed E-state index contributed by atoms with van der Waals surface area (Å²) >= 11 is 0. The number of hydrogen-bond acceptors (Lipinski definition) is 0. The standard InChI is InChI=1S/C13H28N.BrH/c1-6-13(5)11-10-12-14(7-2,8-3)9-4;/h10-11,13H,6-9,12H2,1-5H3;1H/q+1;/p-1/b11-10+;.